The molecular formula is C10H15N3O2. The van der Waals surface area contributed by atoms with E-state index in [1.165, 1.54) is 0 Å². The van der Waals surface area contributed by atoms with Crippen LogP contribution in [0.3, 0.4) is 0 Å². The Morgan fingerprint density at radius 1 is 1.73 bits per heavy atom. The number of nitrogens with zero attached hydrogens (tertiary/aromatic N) is 3. The van der Waals surface area contributed by atoms with Gasteiger partial charge in [0.1, 0.15) is 12.2 Å². The van der Waals surface area contributed by atoms with Crippen molar-refractivity contribution in [1.82, 2.24) is 14.8 Å². The molecule has 82 valence electrons. The maximum atomic E-state index is 11.1. The number of hydrogen-bond donors (Lipinski definition) is 0. The van der Waals surface area contributed by atoms with Crippen molar-refractivity contribution in [2.75, 3.05) is 6.61 Å². The second kappa shape index (κ2) is 5.95. The summed E-state index contributed by atoms with van der Waals surface area (Å²) >= 11 is 0. The first kappa shape index (κ1) is 11.4. The highest BCUT2D eigenvalue weighted by atomic mass is 16.5. The van der Waals surface area contributed by atoms with E-state index in [-0.39, 0.29) is 5.97 Å². The van der Waals surface area contributed by atoms with Crippen molar-refractivity contribution in [3.63, 3.8) is 0 Å². The van der Waals surface area contributed by atoms with Crippen LogP contribution in [0.4, 0.5) is 0 Å². The lowest BCUT2D eigenvalue weighted by molar-refractivity contribution is -0.143. The lowest BCUT2D eigenvalue weighted by Crippen LogP contribution is -2.09. The zero-order valence-electron chi connectivity index (χ0n) is 8.85. The Morgan fingerprint density at radius 3 is 3.13 bits per heavy atom. The Kier molecular flexibility index (Phi) is 4.53. The van der Waals surface area contributed by atoms with Crippen LogP contribution in [0.5, 0.6) is 0 Å². The third-order valence-electron chi connectivity index (χ3n) is 1.95. The summed E-state index contributed by atoms with van der Waals surface area (Å²) in [6.07, 6.45) is 4.96. The predicted molar refractivity (Wildman–Crippen MR) is 55.1 cm³/mol. The summed E-state index contributed by atoms with van der Waals surface area (Å²) in [5.74, 6) is 0.614. The molecule has 0 aliphatic carbocycles. The number of aromatic nitrogens is 3. The van der Waals surface area contributed by atoms with Gasteiger partial charge in [0.25, 0.3) is 0 Å². The normalized spacial score (nSPS) is 9.93. The molecule has 0 atom stereocenters. The molecule has 0 aliphatic rings. The second-order valence-corrected chi connectivity index (χ2v) is 3.16. The summed E-state index contributed by atoms with van der Waals surface area (Å²) in [5, 5.41) is 7.61. The molecule has 5 heteroatoms. The molecule has 1 aromatic rings. The number of rotatable bonds is 6. The third-order valence-corrected chi connectivity index (χ3v) is 1.95. The molecule has 5 nitrogen and oxygen atoms in total. The predicted octanol–water partition coefficient (Wildman–Crippen LogP) is 0.867. The minimum absolute atomic E-state index is 0.197. The average molecular weight is 209 g/mol. The first-order valence-electron chi connectivity index (χ1n) is 4.83. The van der Waals surface area contributed by atoms with E-state index in [0.717, 1.165) is 5.82 Å². The SMILES string of the molecule is C=CCCC(=O)OCCc1nncn1C. The molecular weight excluding hydrogens is 194 g/mol. The van der Waals surface area contributed by atoms with Gasteiger partial charge in [0.05, 0.1) is 6.61 Å². The minimum Gasteiger partial charge on any atom is -0.465 e. The standard InChI is InChI=1S/C10H15N3O2/c1-3-4-5-10(14)15-7-6-9-12-11-8-13(9)2/h3,8H,1,4-7H2,2H3. The van der Waals surface area contributed by atoms with Gasteiger partial charge in [0.15, 0.2) is 0 Å². The highest BCUT2D eigenvalue weighted by molar-refractivity contribution is 5.69. The summed E-state index contributed by atoms with van der Waals surface area (Å²) in [6.45, 7) is 3.89. The summed E-state index contributed by atoms with van der Waals surface area (Å²) in [4.78, 5) is 11.1. The van der Waals surface area contributed by atoms with Crippen molar-refractivity contribution in [2.45, 2.75) is 19.3 Å². The first-order chi connectivity index (χ1) is 7.24. The van der Waals surface area contributed by atoms with Gasteiger partial charge in [-0.2, -0.15) is 0 Å². The zero-order chi connectivity index (χ0) is 11.1. The molecule has 0 saturated carbocycles. The van der Waals surface area contributed by atoms with Crippen LogP contribution in [0.25, 0.3) is 0 Å². The highest BCUT2D eigenvalue weighted by Crippen LogP contribution is 1.97. The van der Waals surface area contributed by atoms with Crippen LogP contribution >= 0.6 is 0 Å². The Balaban J connectivity index is 2.19. The minimum atomic E-state index is -0.197. The Bertz CT molecular complexity index is 333. The van der Waals surface area contributed by atoms with E-state index in [2.05, 4.69) is 16.8 Å². The van der Waals surface area contributed by atoms with Crippen LogP contribution in [0.15, 0.2) is 19.0 Å². The van der Waals surface area contributed by atoms with E-state index >= 15 is 0 Å². The van der Waals surface area contributed by atoms with Gasteiger partial charge in [0.2, 0.25) is 0 Å². The number of hydrogen-bond acceptors (Lipinski definition) is 4. The number of carbonyl (C=O) groups excluding carboxylic acids is 1. The molecule has 1 heterocycles. The first-order valence-corrected chi connectivity index (χ1v) is 4.83. The molecule has 0 saturated heterocycles. The van der Waals surface area contributed by atoms with Crippen molar-refractivity contribution >= 4 is 5.97 Å². The van der Waals surface area contributed by atoms with Crippen LogP contribution in [0.1, 0.15) is 18.7 Å². The third kappa shape index (κ3) is 3.93. The molecule has 0 bridgehead atoms. The lowest BCUT2D eigenvalue weighted by atomic mass is 10.3. The molecule has 0 amide bonds. The molecule has 0 N–H and O–H groups in total. The van der Waals surface area contributed by atoms with E-state index in [0.29, 0.717) is 25.9 Å². The van der Waals surface area contributed by atoms with E-state index in [4.69, 9.17) is 4.74 Å². The highest BCUT2D eigenvalue weighted by Gasteiger charge is 2.04. The van der Waals surface area contributed by atoms with Gasteiger partial charge in [-0.25, -0.2) is 0 Å². The maximum Gasteiger partial charge on any atom is 0.306 e. The second-order valence-electron chi connectivity index (χ2n) is 3.16. The number of allylic oxidation sites excluding steroid dienone is 1. The zero-order valence-corrected chi connectivity index (χ0v) is 8.85. The fourth-order valence-corrected chi connectivity index (χ4v) is 1.08. The molecule has 0 aliphatic heterocycles. The Morgan fingerprint density at radius 2 is 2.53 bits per heavy atom. The molecule has 1 aromatic heterocycles. The summed E-state index contributed by atoms with van der Waals surface area (Å²) < 4.78 is 6.81. The van der Waals surface area contributed by atoms with Crippen LogP contribution < -0.4 is 0 Å². The molecule has 15 heavy (non-hydrogen) atoms. The van der Waals surface area contributed by atoms with Gasteiger partial charge >= 0.3 is 5.97 Å². The Labute approximate surface area is 88.8 Å². The monoisotopic (exact) mass is 209 g/mol. The van der Waals surface area contributed by atoms with Crippen LogP contribution in [-0.4, -0.2) is 27.3 Å². The van der Waals surface area contributed by atoms with Crippen LogP contribution in [0.2, 0.25) is 0 Å². The molecule has 0 fully saturated rings. The van der Waals surface area contributed by atoms with Gasteiger partial charge in [0, 0.05) is 19.9 Å². The molecule has 0 spiro atoms. The van der Waals surface area contributed by atoms with Crippen molar-refractivity contribution < 1.29 is 9.53 Å². The largest absolute Gasteiger partial charge is 0.465 e. The van der Waals surface area contributed by atoms with E-state index in [1.54, 1.807) is 17.0 Å². The molecule has 1 rings (SSSR count). The van der Waals surface area contributed by atoms with Crippen LogP contribution in [0, 0.1) is 0 Å². The van der Waals surface area contributed by atoms with Crippen LogP contribution in [-0.2, 0) is 23.0 Å². The maximum absolute atomic E-state index is 11.1. The van der Waals surface area contributed by atoms with Crippen molar-refractivity contribution in [3.05, 3.63) is 24.8 Å². The lowest BCUT2D eigenvalue weighted by Gasteiger charge is -2.03. The number of esters is 1. The van der Waals surface area contributed by atoms with Gasteiger partial charge in [-0.1, -0.05) is 6.08 Å². The van der Waals surface area contributed by atoms with E-state index < -0.39 is 0 Å². The average Bonchev–Trinajstić information content (AvgIpc) is 2.61. The summed E-state index contributed by atoms with van der Waals surface area (Å²) in [5.41, 5.74) is 0. The quantitative estimate of drug-likeness (QED) is 0.515. The summed E-state index contributed by atoms with van der Waals surface area (Å²) in [7, 11) is 1.86. The van der Waals surface area contributed by atoms with E-state index in [9.17, 15) is 4.79 Å². The molecule has 0 aromatic carbocycles. The van der Waals surface area contributed by atoms with Crippen molar-refractivity contribution in [2.24, 2.45) is 7.05 Å². The fourth-order valence-electron chi connectivity index (χ4n) is 1.08. The fraction of sp³-hybridized carbons (Fsp3) is 0.500. The smallest absolute Gasteiger partial charge is 0.306 e. The summed E-state index contributed by atoms with van der Waals surface area (Å²) in [6, 6.07) is 0. The van der Waals surface area contributed by atoms with E-state index in [1.807, 2.05) is 7.05 Å². The number of aryl methyl sites for hydroxylation is 1. The number of carbonyl (C=O) groups is 1. The number of ether oxygens (including phenoxy) is 1. The van der Waals surface area contributed by atoms with Gasteiger partial charge in [-0.3, -0.25) is 4.79 Å². The molecule has 0 unspecified atom stereocenters. The molecule has 0 radical (unpaired) electrons. The van der Waals surface area contributed by atoms with Gasteiger partial charge in [-0.15, -0.1) is 16.8 Å². The van der Waals surface area contributed by atoms with Crippen molar-refractivity contribution in [1.29, 1.82) is 0 Å². The van der Waals surface area contributed by atoms with Gasteiger partial charge in [-0.05, 0) is 6.42 Å². The van der Waals surface area contributed by atoms with Gasteiger partial charge < -0.3 is 9.30 Å². The Hall–Kier alpha value is -1.65. The topological polar surface area (TPSA) is 57.0 Å². The van der Waals surface area contributed by atoms with Crippen molar-refractivity contribution in [3.8, 4) is 0 Å².